The van der Waals surface area contributed by atoms with E-state index < -0.39 is 5.97 Å². The lowest BCUT2D eigenvalue weighted by atomic mass is 10.2. The lowest BCUT2D eigenvalue weighted by molar-refractivity contribution is -0.124. The van der Waals surface area contributed by atoms with Crippen LogP contribution >= 0.6 is 0 Å². The van der Waals surface area contributed by atoms with Crippen molar-refractivity contribution in [1.29, 1.82) is 0 Å². The van der Waals surface area contributed by atoms with Gasteiger partial charge in [-0.2, -0.15) is 0 Å². The molecule has 1 aromatic heterocycles. The highest BCUT2D eigenvalue weighted by Gasteiger charge is 2.10. The van der Waals surface area contributed by atoms with Crippen LogP contribution in [0.25, 0.3) is 0 Å². The Morgan fingerprint density at radius 3 is 2.83 bits per heavy atom. The van der Waals surface area contributed by atoms with Gasteiger partial charge in [-0.1, -0.05) is 19.8 Å². The highest BCUT2D eigenvalue weighted by Crippen LogP contribution is 1.94. The molecule has 0 atom stereocenters. The number of aromatic nitrogens is 2. The van der Waals surface area contributed by atoms with E-state index in [2.05, 4.69) is 22.2 Å². The lowest BCUT2D eigenvalue weighted by Gasteiger charge is -2.05. The number of esters is 1. The molecule has 0 spiro atoms. The van der Waals surface area contributed by atoms with Crippen molar-refractivity contribution < 1.29 is 14.3 Å². The smallest absolute Gasteiger partial charge is 0.359 e. The molecular formula is C12H17N3O3. The summed E-state index contributed by atoms with van der Waals surface area (Å²) >= 11 is 0. The summed E-state index contributed by atoms with van der Waals surface area (Å²) in [7, 11) is 0. The molecule has 6 nitrogen and oxygen atoms in total. The van der Waals surface area contributed by atoms with Crippen LogP contribution in [0.2, 0.25) is 0 Å². The summed E-state index contributed by atoms with van der Waals surface area (Å²) in [5, 5.41) is 2.67. The molecule has 98 valence electrons. The molecule has 1 heterocycles. The largest absolute Gasteiger partial charge is 0.451 e. The summed E-state index contributed by atoms with van der Waals surface area (Å²) in [6.45, 7) is 2.40. The fraction of sp³-hybridized carbons (Fsp3) is 0.500. The Labute approximate surface area is 106 Å². The summed E-state index contributed by atoms with van der Waals surface area (Å²) in [5.41, 5.74) is 0.0938. The molecule has 0 aliphatic carbocycles. The molecule has 0 bridgehead atoms. The Morgan fingerprint density at radius 2 is 2.17 bits per heavy atom. The number of rotatable bonds is 7. The van der Waals surface area contributed by atoms with Crippen LogP contribution in [0.1, 0.15) is 36.7 Å². The number of ether oxygens (including phenoxy) is 1. The zero-order chi connectivity index (χ0) is 13.2. The van der Waals surface area contributed by atoms with Crippen molar-refractivity contribution in [3.05, 3.63) is 24.3 Å². The second-order valence-electron chi connectivity index (χ2n) is 3.72. The van der Waals surface area contributed by atoms with Gasteiger partial charge in [0.1, 0.15) is 0 Å². The number of hydrogen-bond donors (Lipinski definition) is 1. The number of nitrogens with zero attached hydrogens (tertiary/aromatic N) is 2. The minimum atomic E-state index is -0.646. The van der Waals surface area contributed by atoms with Gasteiger partial charge in [0.05, 0.1) is 6.20 Å². The van der Waals surface area contributed by atoms with Gasteiger partial charge in [-0.25, -0.2) is 9.78 Å². The molecule has 0 aliphatic rings. The highest BCUT2D eigenvalue weighted by molar-refractivity contribution is 5.89. The molecule has 0 aromatic carbocycles. The van der Waals surface area contributed by atoms with Crippen molar-refractivity contribution in [2.45, 2.75) is 26.2 Å². The summed E-state index contributed by atoms with van der Waals surface area (Å²) in [6, 6.07) is 0. The van der Waals surface area contributed by atoms with Gasteiger partial charge >= 0.3 is 5.97 Å². The predicted octanol–water partition coefficient (Wildman–Crippen LogP) is 0.940. The molecule has 0 saturated heterocycles. The SMILES string of the molecule is CCCCCNC(=O)COC(=O)c1cnccn1. The van der Waals surface area contributed by atoms with E-state index in [9.17, 15) is 9.59 Å². The minimum absolute atomic E-state index is 0.0938. The fourth-order valence-electron chi connectivity index (χ4n) is 1.26. The van der Waals surface area contributed by atoms with E-state index in [-0.39, 0.29) is 18.2 Å². The molecule has 1 aromatic rings. The first-order valence-electron chi connectivity index (χ1n) is 5.94. The summed E-state index contributed by atoms with van der Waals surface area (Å²) in [6.07, 6.45) is 7.23. The maximum absolute atomic E-state index is 11.4. The van der Waals surface area contributed by atoms with Crippen LogP contribution in [0.3, 0.4) is 0 Å². The molecule has 0 aliphatic heterocycles. The number of hydrogen-bond acceptors (Lipinski definition) is 5. The zero-order valence-corrected chi connectivity index (χ0v) is 10.4. The van der Waals surface area contributed by atoms with E-state index in [1.807, 2.05) is 0 Å². The standard InChI is InChI=1S/C12H17N3O3/c1-2-3-4-5-15-11(16)9-18-12(17)10-8-13-6-7-14-10/h6-8H,2-5,9H2,1H3,(H,15,16). The molecule has 0 unspecified atom stereocenters. The van der Waals surface area contributed by atoms with Gasteiger partial charge in [0.25, 0.3) is 5.91 Å². The third-order valence-corrected chi connectivity index (χ3v) is 2.21. The van der Waals surface area contributed by atoms with Crippen molar-refractivity contribution in [2.75, 3.05) is 13.2 Å². The Hall–Kier alpha value is -1.98. The van der Waals surface area contributed by atoms with E-state index in [1.165, 1.54) is 18.6 Å². The summed E-state index contributed by atoms with van der Waals surface area (Å²) < 4.78 is 4.79. The van der Waals surface area contributed by atoms with Gasteiger partial charge in [0.15, 0.2) is 12.3 Å². The Balaban J connectivity index is 2.20. The van der Waals surface area contributed by atoms with Crippen molar-refractivity contribution >= 4 is 11.9 Å². The monoisotopic (exact) mass is 251 g/mol. The molecule has 1 amide bonds. The average Bonchev–Trinajstić information content (AvgIpc) is 2.42. The Kier molecular flexibility index (Phi) is 6.38. The lowest BCUT2D eigenvalue weighted by Crippen LogP contribution is -2.29. The summed E-state index contributed by atoms with van der Waals surface area (Å²) in [4.78, 5) is 30.3. The van der Waals surface area contributed by atoms with Gasteiger partial charge in [-0.05, 0) is 6.42 Å². The second-order valence-corrected chi connectivity index (χ2v) is 3.72. The topological polar surface area (TPSA) is 81.2 Å². The molecule has 1 N–H and O–H groups in total. The van der Waals surface area contributed by atoms with Crippen molar-refractivity contribution in [3.8, 4) is 0 Å². The number of amides is 1. The van der Waals surface area contributed by atoms with Gasteiger partial charge in [-0.3, -0.25) is 9.78 Å². The molecule has 0 fully saturated rings. The van der Waals surface area contributed by atoms with Crippen molar-refractivity contribution in [3.63, 3.8) is 0 Å². The second kappa shape index (κ2) is 8.16. The average molecular weight is 251 g/mol. The van der Waals surface area contributed by atoms with E-state index in [0.29, 0.717) is 6.54 Å². The van der Waals surface area contributed by atoms with Crippen LogP contribution in [0, 0.1) is 0 Å². The van der Waals surface area contributed by atoms with E-state index in [0.717, 1.165) is 19.3 Å². The molecule has 0 saturated carbocycles. The van der Waals surface area contributed by atoms with Crippen LogP contribution in [0.4, 0.5) is 0 Å². The zero-order valence-electron chi connectivity index (χ0n) is 10.4. The van der Waals surface area contributed by atoms with E-state index >= 15 is 0 Å². The minimum Gasteiger partial charge on any atom is -0.451 e. The van der Waals surface area contributed by atoms with Gasteiger partial charge in [0.2, 0.25) is 0 Å². The van der Waals surface area contributed by atoms with Crippen LogP contribution in [0.15, 0.2) is 18.6 Å². The van der Waals surface area contributed by atoms with Gasteiger partial charge < -0.3 is 10.1 Å². The molecule has 18 heavy (non-hydrogen) atoms. The molecule has 6 heteroatoms. The van der Waals surface area contributed by atoms with Crippen LogP contribution < -0.4 is 5.32 Å². The number of nitrogens with one attached hydrogen (secondary N) is 1. The number of carbonyl (C=O) groups excluding carboxylic acids is 2. The Morgan fingerprint density at radius 1 is 1.33 bits per heavy atom. The molecular weight excluding hydrogens is 234 g/mol. The van der Waals surface area contributed by atoms with Gasteiger partial charge in [-0.15, -0.1) is 0 Å². The van der Waals surface area contributed by atoms with E-state index in [4.69, 9.17) is 4.74 Å². The van der Waals surface area contributed by atoms with Crippen molar-refractivity contribution in [2.24, 2.45) is 0 Å². The third-order valence-electron chi connectivity index (χ3n) is 2.21. The maximum Gasteiger partial charge on any atom is 0.359 e. The first kappa shape index (κ1) is 14.1. The predicted molar refractivity (Wildman–Crippen MR) is 64.8 cm³/mol. The normalized spacial score (nSPS) is 9.83. The third kappa shape index (κ3) is 5.38. The molecule has 1 rings (SSSR count). The number of unbranched alkanes of at least 4 members (excludes halogenated alkanes) is 2. The highest BCUT2D eigenvalue weighted by atomic mass is 16.5. The first-order valence-corrected chi connectivity index (χ1v) is 5.94. The van der Waals surface area contributed by atoms with Crippen LogP contribution in [0.5, 0.6) is 0 Å². The maximum atomic E-state index is 11.4. The fourth-order valence-corrected chi connectivity index (χ4v) is 1.26. The van der Waals surface area contributed by atoms with Crippen LogP contribution in [-0.4, -0.2) is 35.0 Å². The summed E-state index contributed by atoms with van der Waals surface area (Å²) in [5.74, 6) is -0.949. The molecule has 0 radical (unpaired) electrons. The first-order chi connectivity index (χ1) is 8.74. The van der Waals surface area contributed by atoms with Crippen molar-refractivity contribution in [1.82, 2.24) is 15.3 Å². The van der Waals surface area contributed by atoms with Gasteiger partial charge in [0, 0.05) is 18.9 Å². The van der Waals surface area contributed by atoms with Crippen LogP contribution in [-0.2, 0) is 9.53 Å². The Bertz CT molecular complexity index is 381. The number of carbonyl (C=O) groups is 2. The quantitative estimate of drug-likeness (QED) is 0.576. The van der Waals surface area contributed by atoms with E-state index in [1.54, 1.807) is 0 Å².